The van der Waals surface area contributed by atoms with Crippen LogP contribution >= 0.6 is 12.2 Å². The number of nitrogens with two attached hydrogens (primary N) is 1. The summed E-state index contributed by atoms with van der Waals surface area (Å²) in [4.78, 5) is 6.66. The maximum Gasteiger partial charge on any atom is 0.123 e. The molecule has 0 saturated carbocycles. The number of aromatic nitrogens is 1. The van der Waals surface area contributed by atoms with E-state index in [9.17, 15) is 0 Å². The maximum atomic E-state index is 5.71. The lowest BCUT2D eigenvalue weighted by Crippen LogP contribution is -2.21. The van der Waals surface area contributed by atoms with Gasteiger partial charge in [-0.1, -0.05) is 24.4 Å². The Balaban J connectivity index is 2.23. The largest absolute Gasteiger partial charge is 0.497 e. The van der Waals surface area contributed by atoms with E-state index in [-0.39, 0.29) is 0 Å². The first-order valence-electron chi connectivity index (χ1n) is 6.20. The Kier molecular flexibility index (Phi) is 4.53. The molecule has 0 bridgehead atoms. The van der Waals surface area contributed by atoms with Crippen molar-refractivity contribution in [3.8, 4) is 5.75 Å². The Morgan fingerprint density at radius 1 is 1.35 bits per heavy atom. The predicted molar refractivity (Wildman–Crippen MR) is 85.2 cm³/mol. The number of ether oxygens (including phenoxy) is 1. The molecule has 0 aliphatic carbocycles. The third-order valence-corrected chi connectivity index (χ3v) is 3.22. The van der Waals surface area contributed by atoms with Gasteiger partial charge in [0.1, 0.15) is 16.4 Å². The lowest BCUT2D eigenvalue weighted by Gasteiger charge is -2.21. The minimum atomic E-state index is 0.319. The zero-order chi connectivity index (χ0) is 14.5. The number of anilines is 1. The van der Waals surface area contributed by atoms with Crippen LogP contribution in [0.1, 0.15) is 11.3 Å². The molecule has 1 aromatic carbocycles. The van der Waals surface area contributed by atoms with Gasteiger partial charge in [-0.3, -0.25) is 4.98 Å². The summed E-state index contributed by atoms with van der Waals surface area (Å²) in [5, 5.41) is 0. The summed E-state index contributed by atoms with van der Waals surface area (Å²) >= 11 is 5.04. The van der Waals surface area contributed by atoms with Gasteiger partial charge in [0.25, 0.3) is 0 Å². The minimum Gasteiger partial charge on any atom is -0.497 e. The van der Waals surface area contributed by atoms with E-state index in [1.165, 1.54) is 0 Å². The molecule has 0 atom stereocenters. The molecule has 0 unspecified atom stereocenters. The molecule has 1 aromatic heterocycles. The van der Waals surface area contributed by atoms with Crippen LogP contribution in [-0.2, 0) is 6.54 Å². The third kappa shape index (κ3) is 3.24. The minimum absolute atomic E-state index is 0.319. The van der Waals surface area contributed by atoms with Gasteiger partial charge in [0, 0.05) is 37.1 Å². The Bertz CT molecular complexity index is 616. The van der Waals surface area contributed by atoms with Gasteiger partial charge in [-0.2, -0.15) is 0 Å². The van der Waals surface area contributed by atoms with Crippen LogP contribution in [0.2, 0.25) is 0 Å². The van der Waals surface area contributed by atoms with Gasteiger partial charge < -0.3 is 15.4 Å². The van der Waals surface area contributed by atoms with Gasteiger partial charge in [0.15, 0.2) is 0 Å². The van der Waals surface area contributed by atoms with Crippen molar-refractivity contribution in [3.63, 3.8) is 0 Å². The molecule has 0 radical (unpaired) electrons. The average molecular weight is 287 g/mol. The number of nitrogens with zero attached hydrogens (tertiary/aromatic N) is 2. The van der Waals surface area contributed by atoms with Crippen molar-refractivity contribution < 1.29 is 4.74 Å². The van der Waals surface area contributed by atoms with Crippen molar-refractivity contribution in [1.29, 1.82) is 0 Å². The zero-order valence-electron chi connectivity index (χ0n) is 11.5. The lowest BCUT2D eigenvalue weighted by atomic mass is 10.1. The van der Waals surface area contributed by atoms with E-state index >= 15 is 0 Å². The highest BCUT2D eigenvalue weighted by Crippen LogP contribution is 2.21. The molecule has 0 saturated heterocycles. The van der Waals surface area contributed by atoms with Crippen molar-refractivity contribution in [2.45, 2.75) is 6.54 Å². The summed E-state index contributed by atoms with van der Waals surface area (Å²) in [6.07, 6.45) is 1.70. The first-order valence-corrected chi connectivity index (χ1v) is 6.61. The average Bonchev–Trinajstić information content (AvgIpc) is 2.47. The van der Waals surface area contributed by atoms with Gasteiger partial charge in [0.05, 0.1) is 7.11 Å². The standard InChI is InChI=1S/C15H17N3OS/c1-18(12-6-3-7-13(9-12)19-2)10-11-5-4-8-17-14(11)15(16)20/h3-9H,10H2,1-2H3,(H2,16,20). The quantitative estimate of drug-likeness (QED) is 0.856. The fraction of sp³-hybridized carbons (Fsp3) is 0.200. The van der Waals surface area contributed by atoms with E-state index in [1.54, 1.807) is 13.3 Å². The first kappa shape index (κ1) is 14.3. The van der Waals surface area contributed by atoms with Crippen LogP contribution in [0.5, 0.6) is 5.75 Å². The Morgan fingerprint density at radius 3 is 2.85 bits per heavy atom. The molecule has 2 aromatic rings. The highest BCUT2D eigenvalue weighted by molar-refractivity contribution is 7.80. The van der Waals surface area contributed by atoms with Crippen molar-refractivity contribution >= 4 is 22.9 Å². The van der Waals surface area contributed by atoms with Crippen LogP contribution in [0.15, 0.2) is 42.6 Å². The number of hydrogen-bond acceptors (Lipinski definition) is 4. The normalized spacial score (nSPS) is 10.1. The number of thiocarbonyl (C=S) groups is 1. The molecular formula is C15H17N3OS. The van der Waals surface area contributed by atoms with Gasteiger partial charge in [0.2, 0.25) is 0 Å². The lowest BCUT2D eigenvalue weighted by molar-refractivity contribution is 0.415. The molecule has 20 heavy (non-hydrogen) atoms. The van der Waals surface area contributed by atoms with Crippen LogP contribution in [0.4, 0.5) is 5.69 Å². The van der Waals surface area contributed by atoms with Crippen LogP contribution in [0, 0.1) is 0 Å². The molecule has 0 spiro atoms. The third-order valence-electron chi connectivity index (χ3n) is 3.03. The molecule has 4 nitrogen and oxygen atoms in total. The second-order valence-corrected chi connectivity index (χ2v) is 4.87. The van der Waals surface area contributed by atoms with Crippen molar-refractivity contribution in [2.24, 2.45) is 5.73 Å². The Labute approximate surface area is 124 Å². The maximum absolute atomic E-state index is 5.71. The number of rotatable bonds is 5. The second kappa shape index (κ2) is 6.34. The smallest absolute Gasteiger partial charge is 0.123 e. The molecule has 0 fully saturated rings. The van der Waals surface area contributed by atoms with Gasteiger partial charge in [-0.05, 0) is 18.2 Å². The molecule has 2 rings (SSSR count). The summed E-state index contributed by atoms with van der Waals surface area (Å²) in [6, 6.07) is 11.8. The summed E-state index contributed by atoms with van der Waals surface area (Å²) in [7, 11) is 3.66. The summed E-state index contributed by atoms with van der Waals surface area (Å²) < 4.78 is 5.24. The van der Waals surface area contributed by atoms with Gasteiger partial charge >= 0.3 is 0 Å². The SMILES string of the molecule is COc1cccc(N(C)Cc2cccnc2C(N)=S)c1. The number of hydrogen-bond donors (Lipinski definition) is 1. The van der Waals surface area contributed by atoms with Crippen molar-refractivity contribution in [2.75, 3.05) is 19.1 Å². The van der Waals surface area contributed by atoms with Crippen molar-refractivity contribution in [3.05, 3.63) is 53.9 Å². The highest BCUT2D eigenvalue weighted by Gasteiger charge is 2.09. The molecule has 0 amide bonds. The monoisotopic (exact) mass is 287 g/mol. The summed E-state index contributed by atoms with van der Waals surface area (Å²) in [5.74, 6) is 0.829. The van der Waals surface area contributed by atoms with Crippen LogP contribution < -0.4 is 15.4 Å². The fourth-order valence-corrected chi connectivity index (χ4v) is 2.17. The van der Waals surface area contributed by atoms with E-state index < -0.39 is 0 Å². The molecule has 0 aliphatic rings. The second-order valence-electron chi connectivity index (χ2n) is 4.43. The van der Waals surface area contributed by atoms with E-state index in [0.717, 1.165) is 17.0 Å². The Morgan fingerprint density at radius 2 is 2.15 bits per heavy atom. The summed E-state index contributed by atoms with van der Waals surface area (Å²) in [5.41, 5.74) is 8.45. The van der Waals surface area contributed by atoms with Crippen LogP contribution in [0.25, 0.3) is 0 Å². The zero-order valence-corrected chi connectivity index (χ0v) is 12.4. The van der Waals surface area contributed by atoms with E-state index in [1.807, 2.05) is 43.4 Å². The first-order chi connectivity index (χ1) is 9.61. The highest BCUT2D eigenvalue weighted by atomic mass is 32.1. The van der Waals surface area contributed by atoms with Crippen LogP contribution in [-0.4, -0.2) is 24.1 Å². The Hall–Kier alpha value is -2.14. The van der Waals surface area contributed by atoms with Crippen molar-refractivity contribution in [1.82, 2.24) is 4.98 Å². The van der Waals surface area contributed by atoms with Crippen LogP contribution in [0.3, 0.4) is 0 Å². The summed E-state index contributed by atoms with van der Waals surface area (Å²) in [6.45, 7) is 0.674. The van der Waals surface area contributed by atoms with E-state index in [4.69, 9.17) is 22.7 Å². The molecule has 5 heteroatoms. The van der Waals surface area contributed by atoms with E-state index in [0.29, 0.717) is 17.2 Å². The molecular weight excluding hydrogens is 270 g/mol. The van der Waals surface area contributed by atoms with Gasteiger partial charge in [-0.15, -0.1) is 0 Å². The van der Waals surface area contributed by atoms with E-state index in [2.05, 4.69) is 9.88 Å². The molecule has 2 N–H and O–H groups in total. The molecule has 1 heterocycles. The predicted octanol–water partition coefficient (Wildman–Crippen LogP) is 2.36. The van der Waals surface area contributed by atoms with Gasteiger partial charge in [-0.25, -0.2) is 0 Å². The molecule has 104 valence electrons. The number of benzene rings is 1. The number of methoxy groups -OCH3 is 1. The topological polar surface area (TPSA) is 51.4 Å². The molecule has 0 aliphatic heterocycles. The number of pyridine rings is 1. The fourth-order valence-electron chi connectivity index (χ4n) is 1.98.